The number of methoxy groups -OCH3 is 1. The molecule has 0 saturated heterocycles. The maximum Gasteiger partial charge on any atom is 0.291 e. The summed E-state index contributed by atoms with van der Waals surface area (Å²) in [7, 11) is -2.71. The highest BCUT2D eigenvalue weighted by Crippen LogP contribution is 2.30. The first-order valence-electron chi connectivity index (χ1n) is 9.57. The summed E-state index contributed by atoms with van der Waals surface area (Å²) >= 11 is 0. The Kier molecular flexibility index (Phi) is 5.84. The molecular weight excluding hydrogens is 451 g/mol. The van der Waals surface area contributed by atoms with Crippen LogP contribution in [0.5, 0.6) is 5.75 Å². The molecule has 0 bridgehead atoms. The number of fused-ring (bicyclic) bond motifs is 1. The van der Waals surface area contributed by atoms with Crippen LogP contribution in [0, 0.1) is 5.82 Å². The Bertz CT molecular complexity index is 1510. The second-order valence-corrected chi connectivity index (χ2v) is 8.58. The summed E-state index contributed by atoms with van der Waals surface area (Å²) in [6.07, 6.45) is 0. The molecule has 1 amide bonds. The van der Waals surface area contributed by atoms with E-state index in [0.29, 0.717) is 5.39 Å². The molecule has 10 heteroatoms. The molecule has 3 aromatic carbocycles. The molecule has 0 aliphatic carbocycles. The van der Waals surface area contributed by atoms with Gasteiger partial charge in [0.15, 0.2) is 11.2 Å². The largest absolute Gasteiger partial charge is 0.495 e. The lowest BCUT2D eigenvalue weighted by atomic mass is 10.2. The molecule has 0 aliphatic rings. The summed E-state index contributed by atoms with van der Waals surface area (Å²) < 4.78 is 51.6. The van der Waals surface area contributed by atoms with E-state index in [0.717, 1.165) is 30.3 Å². The van der Waals surface area contributed by atoms with E-state index in [-0.39, 0.29) is 38.8 Å². The zero-order valence-corrected chi connectivity index (χ0v) is 18.0. The SMILES string of the molecule is COc1ccc(NC(=O)c2cc(=O)c3ccccc3o2)cc1NS(=O)(=O)c1ccc(F)cc1. The molecular formula is C23H17FN2O6S. The van der Waals surface area contributed by atoms with E-state index in [1.54, 1.807) is 24.3 Å². The van der Waals surface area contributed by atoms with Crippen molar-refractivity contribution in [1.82, 2.24) is 0 Å². The lowest BCUT2D eigenvalue weighted by Crippen LogP contribution is -2.16. The highest BCUT2D eigenvalue weighted by atomic mass is 32.2. The fourth-order valence-electron chi connectivity index (χ4n) is 3.09. The molecule has 2 N–H and O–H groups in total. The minimum atomic E-state index is -4.06. The van der Waals surface area contributed by atoms with Crippen LogP contribution in [0.4, 0.5) is 15.8 Å². The molecule has 0 fully saturated rings. The van der Waals surface area contributed by atoms with Gasteiger partial charge in [-0.05, 0) is 54.6 Å². The Hall–Kier alpha value is -4.18. The Labute approximate surface area is 187 Å². The highest BCUT2D eigenvalue weighted by molar-refractivity contribution is 7.92. The van der Waals surface area contributed by atoms with Gasteiger partial charge in [0.2, 0.25) is 0 Å². The summed E-state index contributed by atoms with van der Waals surface area (Å²) in [4.78, 5) is 24.8. The predicted molar refractivity (Wildman–Crippen MR) is 121 cm³/mol. The Morgan fingerprint density at radius 3 is 2.45 bits per heavy atom. The first kappa shape index (κ1) is 22.0. The van der Waals surface area contributed by atoms with Gasteiger partial charge in [-0.3, -0.25) is 14.3 Å². The molecule has 33 heavy (non-hydrogen) atoms. The fourth-order valence-corrected chi connectivity index (χ4v) is 4.15. The van der Waals surface area contributed by atoms with Crippen molar-refractivity contribution < 1.29 is 26.8 Å². The van der Waals surface area contributed by atoms with Crippen LogP contribution in [0.2, 0.25) is 0 Å². The topological polar surface area (TPSA) is 115 Å². The molecule has 8 nitrogen and oxygen atoms in total. The molecule has 0 aliphatic heterocycles. The van der Waals surface area contributed by atoms with Crippen molar-refractivity contribution in [2.24, 2.45) is 0 Å². The van der Waals surface area contributed by atoms with Gasteiger partial charge in [-0.2, -0.15) is 0 Å². The minimum absolute atomic E-state index is 0.0413. The summed E-state index contributed by atoms with van der Waals surface area (Å²) in [5.74, 6) is -1.29. The van der Waals surface area contributed by atoms with Crippen LogP contribution in [0.15, 0.2) is 86.9 Å². The van der Waals surface area contributed by atoms with Crippen LogP contribution in [0.1, 0.15) is 10.6 Å². The van der Waals surface area contributed by atoms with Crippen LogP contribution in [-0.2, 0) is 10.0 Å². The van der Waals surface area contributed by atoms with Gasteiger partial charge < -0.3 is 14.5 Å². The van der Waals surface area contributed by atoms with Crippen molar-refractivity contribution in [1.29, 1.82) is 0 Å². The predicted octanol–water partition coefficient (Wildman–Crippen LogP) is 3.99. The monoisotopic (exact) mass is 468 g/mol. The van der Waals surface area contributed by atoms with Gasteiger partial charge in [-0.25, -0.2) is 12.8 Å². The van der Waals surface area contributed by atoms with Crippen molar-refractivity contribution in [3.05, 3.63) is 94.6 Å². The average molecular weight is 468 g/mol. The number of benzene rings is 3. The molecule has 168 valence electrons. The third-order valence-corrected chi connectivity index (χ3v) is 6.07. The van der Waals surface area contributed by atoms with Crippen LogP contribution < -0.4 is 20.2 Å². The number of amides is 1. The van der Waals surface area contributed by atoms with Gasteiger partial charge in [0.25, 0.3) is 15.9 Å². The molecule has 1 heterocycles. The van der Waals surface area contributed by atoms with Crippen molar-refractivity contribution in [2.75, 3.05) is 17.1 Å². The van der Waals surface area contributed by atoms with Gasteiger partial charge in [0.1, 0.15) is 17.1 Å². The second-order valence-electron chi connectivity index (χ2n) is 6.90. The zero-order chi connectivity index (χ0) is 23.6. The number of sulfonamides is 1. The van der Waals surface area contributed by atoms with Gasteiger partial charge in [-0.15, -0.1) is 0 Å². The smallest absolute Gasteiger partial charge is 0.291 e. The number of carbonyl (C=O) groups excluding carboxylic acids is 1. The molecule has 4 rings (SSSR count). The number of para-hydroxylation sites is 1. The number of halogens is 1. The Balaban J connectivity index is 1.62. The first-order valence-corrected chi connectivity index (χ1v) is 11.1. The molecule has 1 aromatic heterocycles. The maximum absolute atomic E-state index is 13.1. The molecule has 0 unspecified atom stereocenters. The average Bonchev–Trinajstić information content (AvgIpc) is 2.79. The number of anilines is 2. The number of hydrogen-bond acceptors (Lipinski definition) is 6. The van der Waals surface area contributed by atoms with E-state index in [1.807, 2.05) is 0 Å². The van der Waals surface area contributed by atoms with Gasteiger partial charge in [0, 0.05) is 11.8 Å². The summed E-state index contributed by atoms with van der Waals surface area (Å²) in [5.41, 5.74) is 0.148. The number of carbonyl (C=O) groups is 1. The van der Waals surface area contributed by atoms with E-state index < -0.39 is 21.7 Å². The number of nitrogens with one attached hydrogen (secondary N) is 2. The second kappa shape index (κ2) is 8.75. The summed E-state index contributed by atoms with van der Waals surface area (Å²) in [6, 6.07) is 16.2. The number of rotatable bonds is 6. The van der Waals surface area contributed by atoms with Crippen molar-refractivity contribution >= 4 is 38.3 Å². The summed E-state index contributed by atoms with van der Waals surface area (Å²) in [5, 5.41) is 2.91. The summed E-state index contributed by atoms with van der Waals surface area (Å²) in [6.45, 7) is 0. The molecule has 4 aromatic rings. The Morgan fingerprint density at radius 2 is 1.73 bits per heavy atom. The van der Waals surface area contributed by atoms with Crippen LogP contribution >= 0.6 is 0 Å². The van der Waals surface area contributed by atoms with E-state index in [2.05, 4.69) is 10.0 Å². The zero-order valence-electron chi connectivity index (χ0n) is 17.2. The van der Waals surface area contributed by atoms with Gasteiger partial charge in [-0.1, -0.05) is 12.1 Å². The van der Waals surface area contributed by atoms with E-state index in [9.17, 15) is 22.4 Å². The van der Waals surface area contributed by atoms with Gasteiger partial charge in [0.05, 0.1) is 23.1 Å². The minimum Gasteiger partial charge on any atom is -0.495 e. The number of hydrogen-bond donors (Lipinski definition) is 2. The quantitative estimate of drug-likeness (QED) is 0.442. The maximum atomic E-state index is 13.1. The van der Waals surface area contributed by atoms with E-state index in [1.165, 1.54) is 25.3 Å². The van der Waals surface area contributed by atoms with Crippen molar-refractivity contribution in [2.45, 2.75) is 4.90 Å². The Morgan fingerprint density at radius 1 is 1.00 bits per heavy atom. The molecule has 0 radical (unpaired) electrons. The lowest BCUT2D eigenvalue weighted by Gasteiger charge is -2.14. The molecule has 0 spiro atoms. The highest BCUT2D eigenvalue weighted by Gasteiger charge is 2.18. The van der Waals surface area contributed by atoms with Crippen LogP contribution in [0.3, 0.4) is 0 Å². The third kappa shape index (κ3) is 4.70. The molecule has 0 atom stereocenters. The van der Waals surface area contributed by atoms with Crippen LogP contribution in [-0.4, -0.2) is 21.4 Å². The normalized spacial score (nSPS) is 11.2. The standard InChI is InChI=1S/C23H17FN2O6S/c1-31-21-11-8-15(12-18(21)26-33(29,30)16-9-6-14(24)7-10-16)25-23(28)22-13-19(27)17-4-2-3-5-20(17)32-22/h2-13,26H,1H3,(H,25,28). The van der Waals surface area contributed by atoms with Crippen LogP contribution in [0.25, 0.3) is 11.0 Å². The van der Waals surface area contributed by atoms with Crippen molar-refractivity contribution in [3.63, 3.8) is 0 Å². The van der Waals surface area contributed by atoms with Crippen molar-refractivity contribution in [3.8, 4) is 5.75 Å². The van der Waals surface area contributed by atoms with E-state index in [4.69, 9.17) is 9.15 Å². The first-order chi connectivity index (χ1) is 15.8. The van der Waals surface area contributed by atoms with Gasteiger partial charge >= 0.3 is 0 Å². The fraction of sp³-hybridized carbons (Fsp3) is 0.0435. The lowest BCUT2D eigenvalue weighted by molar-refractivity contribution is 0.0997. The number of ether oxygens (including phenoxy) is 1. The van der Waals surface area contributed by atoms with E-state index >= 15 is 0 Å². The third-order valence-electron chi connectivity index (χ3n) is 4.68. The molecule has 0 saturated carbocycles.